The molecule has 3 rings (SSSR count). The molecule has 0 saturated carbocycles. The molecule has 23 heavy (non-hydrogen) atoms. The molecule has 0 spiro atoms. The van der Waals surface area contributed by atoms with E-state index in [1.165, 1.54) is 0 Å². The molecule has 5 nitrogen and oxygen atoms in total. The van der Waals surface area contributed by atoms with Crippen LogP contribution in [-0.4, -0.2) is 48.6 Å². The van der Waals surface area contributed by atoms with Gasteiger partial charge in [-0.25, -0.2) is 0 Å². The van der Waals surface area contributed by atoms with Crippen molar-refractivity contribution in [3.05, 3.63) is 28.8 Å². The van der Waals surface area contributed by atoms with Crippen molar-refractivity contribution < 1.29 is 14.3 Å². The fraction of sp³-hybridized carbons (Fsp3) is 0.529. The third kappa shape index (κ3) is 3.35. The molecule has 0 aliphatic carbocycles. The maximum Gasteiger partial charge on any atom is 0.256 e. The minimum atomic E-state index is -0.0710. The second-order valence-corrected chi connectivity index (χ2v) is 6.71. The van der Waals surface area contributed by atoms with Crippen LogP contribution in [0.3, 0.4) is 0 Å². The summed E-state index contributed by atoms with van der Waals surface area (Å²) in [5, 5.41) is 0.528. The van der Waals surface area contributed by atoms with Gasteiger partial charge in [0.1, 0.15) is 0 Å². The van der Waals surface area contributed by atoms with Crippen molar-refractivity contribution in [3.63, 3.8) is 0 Å². The van der Waals surface area contributed by atoms with Crippen LogP contribution in [0.5, 0.6) is 0 Å². The minimum Gasteiger partial charge on any atom is -0.372 e. The molecular weight excluding hydrogens is 316 g/mol. The lowest BCUT2D eigenvalue weighted by atomic mass is 10.1. The number of carbonyl (C=O) groups excluding carboxylic acids is 2. The highest BCUT2D eigenvalue weighted by molar-refractivity contribution is 6.31. The summed E-state index contributed by atoms with van der Waals surface area (Å²) in [4.78, 5) is 28.5. The third-order valence-electron chi connectivity index (χ3n) is 4.26. The van der Waals surface area contributed by atoms with E-state index in [0.717, 1.165) is 6.42 Å². The first-order valence-corrected chi connectivity index (χ1v) is 8.38. The fourth-order valence-corrected chi connectivity index (χ4v) is 3.49. The average molecular weight is 337 g/mol. The molecule has 0 aromatic heterocycles. The largest absolute Gasteiger partial charge is 0.372 e. The molecule has 2 heterocycles. The van der Waals surface area contributed by atoms with Crippen molar-refractivity contribution in [2.45, 2.75) is 38.9 Å². The summed E-state index contributed by atoms with van der Waals surface area (Å²) >= 11 is 6.10. The lowest BCUT2D eigenvalue weighted by Gasteiger charge is -2.36. The zero-order chi connectivity index (χ0) is 16.6. The summed E-state index contributed by atoms with van der Waals surface area (Å²) in [6.45, 7) is 5.67. The first kappa shape index (κ1) is 16.3. The molecule has 2 fully saturated rings. The predicted molar refractivity (Wildman–Crippen MR) is 89.0 cm³/mol. The van der Waals surface area contributed by atoms with E-state index in [-0.39, 0.29) is 24.0 Å². The van der Waals surface area contributed by atoms with Crippen LogP contribution < -0.4 is 4.90 Å². The van der Waals surface area contributed by atoms with Gasteiger partial charge in [-0.3, -0.25) is 9.59 Å². The Bertz CT molecular complexity index is 624. The van der Waals surface area contributed by atoms with Gasteiger partial charge < -0.3 is 14.5 Å². The van der Waals surface area contributed by atoms with Gasteiger partial charge >= 0.3 is 0 Å². The Morgan fingerprint density at radius 2 is 1.96 bits per heavy atom. The third-order valence-corrected chi connectivity index (χ3v) is 4.50. The van der Waals surface area contributed by atoms with E-state index in [4.69, 9.17) is 16.3 Å². The van der Waals surface area contributed by atoms with Crippen molar-refractivity contribution >= 4 is 29.1 Å². The van der Waals surface area contributed by atoms with Crippen LogP contribution in [0.25, 0.3) is 0 Å². The van der Waals surface area contributed by atoms with Gasteiger partial charge in [-0.05, 0) is 38.5 Å². The summed E-state index contributed by atoms with van der Waals surface area (Å²) in [5.74, 6) is -0.0246. The van der Waals surface area contributed by atoms with Gasteiger partial charge in [0.2, 0.25) is 5.91 Å². The Morgan fingerprint density at radius 1 is 1.26 bits per heavy atom. The Kier molecular flexibility index (Phi) is 4.60. The molecule has 0 bridgehead atoms. The summed E-state index contributed by atoms with van der Waals surface area (Å²) in [5.41, 5.74) is 1.16. The minimum absolute atomic E-state index is 0.00636. The maximum atomic E-state index is 13.0. The molecule has 2 saturated heterocycles. The van der Waals surface area contributed by atoms with Crippen molar-refractivity contribution in [2.75, 3.05) is 24.5 Å². The van der Waals surface area contributed by atoms with Crippen LogP contribution in [0, 0.1) is 0 Å². The van der Waals surface area contributed by atoms with Gasteiger partial charge in [-0.15, -0.1) is 0 Å². The van der Waals surface area contributed by atoms with Crippen LogP contribution in [0.4, 0.5) is 5.69 Å². The fourth-order valence-electron chi connectivity index (χ4n) is 3.33. The highest BCUT2D eigenvalue weighted by atomic mass is 35.5. The lowest BCUT2D eigenvalue weighted by Crippen LogP contribution is -2.48. The Hall–Kier alpha value is -1.59. The predicted octanol–water partition coefficient (Wildman–Crippen LogP) is 2.72. The Morgan fingerprint density at radius 3 is 2.57 bits per heavy atom. The van der Waals surface area contributed by atoms with Gasteiger partial charge in [-0.2, -0.15) is 0 Å². The van der Waals surface area contributed by atoms with Crippen molar-refractivity contribution in [3.8, 4) is 0 Å². The molecule has 2 aliphatic heterocycles. The lowest BCUT2D eigenvalue weighted by molar-refractivity contribution is -0.117. The molecule has 2 atom stereocenters. The molecule has 1 aromatic rings. The van der Waals surface area contributed by atoms with Crippen molar-refractivity contribution in [1.82, 2.24) is 4.90 Å². The van der Waals surface area contributed by atoms with Crippen LogP contribution in [0.1, 0.15) is 37.0 Å². The van der Waals surface area contributed by atoms with Crippen LogP contribution in [0.15, 0.2) is 18.2 Å². The summed E-state index contributed by atoms with van der Waals surface area (Å²) in [7, 11) is 0. The maximum absolute atomic E-state index is 13.0. The van der Waals surface area contributed by atoms with Gasteiger partial charge in [0.05, 0.1) is 23.5 Å². The summed E-state index contributed by atoms with van der Waals surface area (Å²) in [6.07, 6.45) is 1.34. The smallest absolute Gasteiger partial charge is 0.256 e. The number of amides is 2. The average Bonchev–Trinajstić information content (AvgIpc) is 2.91. The molecule has 0 radical (unpaired) electrons. The quantitative estimate of drug-likeness (QED) is 0.834. The van der Waals surface area contributed by atoms with E-state index in [2.05, 4.69) is 0 Å². The number of morpholine rings is 1. The van der Waals surface area contributed by atoms with E-state index >= 15 is 0 Å². The van der Waals surface area contributed by atoms with Gasteiger partial charge in [0.15, 0.2) is 0 Å². The van der Waals surface area contributed by atoms with Crippen LogP contribution in [-0.2, 0) is 9.53 Å². The molecule has 124 valence electrons. The number of benzene rings is 1. The zero-order valence-corrected chi connectivity index (χ0v) is 14.2. The Balaban J connectivity index is 1.92. The first-order valence-electron chi connectivity index (χ1n) is 8.00. The highest BCUT2D eigenvalue weighted by Crippen LogP contribution is 2.30. The number of halogens is 1. The number of hydrogen-bond acceptors (Lipinski definition) is 3. The zero-order valence-electron chi connectivity index (χ0n) is 13.4. The van der Waals surface area contributed by atoms with Gasteiger partial charge in [-0.1, -0.05) is 11.6 Å². The number of carbonyl (C=O) groups is 2. The number of anilines is 1. The van der Waals surface area contributed by atoms with E-state index in [1.807, 2.05) is 13.8 Å². The van der Waals surface area contributed by atoms with Crippen LogP contribution in [0.2, 0.25) is 5.02 Å². The number of nitrogens with zero attached hydrogens (tertiary/aromatic N) is 2. The normalized spacial score (nSPS) is 25.1. The second kappa shape index (κ2) is 6.49. The van der Waals surface area contributed by atoms with E-state index in [9.17, 15) is 9.59 Å². The summed E-state index contributed by atoms with van der Waals surface area (Å²) in [6, 6.07) is 5.13. The first-order chi connectivity index (χ1) is 11.0. The molecule has 0 unspecified atom stereocenters. The molecule has 6 heteroatoms. The van der Waals surface area contributed by atoms with Gasteiger partial charge in [0, 0.05) is 31.1 Å². The molecule has 2 aliphatic rings. The highest BCUT2D eigenvalue weighted by Gasteiger charge is 2.31. The molecule has 1 aromatic carbocycles. The number of ether oxygens (including phenoxy) is 1. The number of hydrogen-bond donors (Lipinski definition) is 0. The summed E-state index contributed by atoms with van der Waals surface area (Å²) < 4.78 is 5.69. The monoisotopic (exact) mass is 336 g/mol. The number of rotatable bonds is 2. The van der Waals surface area contributed by atoms with Crippen molar-refractivity contribution in [2.24, 2.45) is 0 Å². The molecular formula is C17H21ClN2O3. The van der Waals surface area contributed by atoms with Crippen molar-refractivity contribution in [1.29, 1.82) is 0 Å². The second-order valence-electron chi connectivity index (χ2n) is 6.28. The Labute approximate surface area is 141 Å². The molecule has 0 N–H and O–H groups in total. The van der Waals surface area contributed by atoms with Crippen LogP contribution >= 0.6 is 11.6 Å². The topological polar surface area (TPSA) is 49.9 Å². The van der Waals surface area contributed by atoms with E-state index in [1.54, 1.807) is 28.0 Å². The SMILES string of the molecule is C[C@H]1CN(C(=O)c2ccc(Cl)cc2N2CCCC2=O)C[C@H](C)O1. The standard InChI is InChI=1S/C17H21ClN2O3/c1-11-9-19(10-12(2)23-11)17(22)14-6-5-13(18)8-15(14)20-7-3-4-16(20)21/h5-6,8,11-12H,3-4,7,9-10H2,1-2H3/t11-,12-/m0/s1. The van der Waals surface area contributed by atoms with E-state index < -0.39 is 0 Å². The molecule has 2 amide bonds. The van der Waals surface area contributed by atoms with Gasteiger partial charge in [0.25, 0.3) is 5.91 Å². The van der Waals surface area contributed by atoms with E-state index in [0.29, 0.717) is 42.3 Å².